The average molecular weight is 1100 g/mol. The summed E-state index contributed by atoms with van der Waals surface area (Å²) >= 11 is 0. The Morgan fingerprint density at radius 3 is 1.31 bits per heavy atom. The van der Waals surface area contributed by atoms with Crippen molar-refractivity contribution in [2.45, 2.75) is 157 Å². The van der Waals surface area contributed by atoms with Crippen LogP contribution >= 0.6 is 0 Å². The van der Waals surface area contributed by atoms with Crippen LogP contribution < -0.4 is 19.4 Å². The molecule has 0 N–H and O–H groups in total. The van der Waals surface area contributed by atoms with Gasteiger partial charge in [-0.05, 0) is 155 Å². The molecule has 1 aromatic heterocycles. The lowest BCUT2D eigenvalue weighted by Gasteiger charge is -2.34. The quantitative estimate of drug-likeness (QED) is 0.159. The van der Waals surface area contributed by atoms with Gasteiger partial charge >= 0.3 is 0 Å². The molecule has 83 heavy (non-hydrogen) atoms. The van der Waals surface area contributed by atoms with E-state index in [1.165, 1.54) is 72.4 Å². The predicted octanol–water partition coefficient (Wildman–Crippen LogP) is 22.4. The maximum Gasteiger partial charge on any atom is 0.137 e. The van der Waals surface area contributed by atoms with Gasteiger partial charge in [-0.2, -0.15) is 0 Å². The second-order valence-corrected chi connectivity index (χ2v) is 29.5. The summed E-state index contributed by atoms with van der Waals surface area (Å²) < 4.78 is 7.09. The SMILES string of the molecule is CC(C)(C)c1ccnc(N2c3ccccc3-c3ccccc3-c3ccc(Oc4cccc(N5CN(c6c(-c7ccc(C(C)(C)C)cc7C(C)(C)C)cc(C(C)(C)C)cc6-c6ccc(C(C)(C)C)cc6C(C)(C)C)c6ccccc65)c4)cc32)c1. The van der Waals surface area contributed by atoms with Crippen LogP contribution in [0.5, 0.6) is 11.5 Å². The average Bonchev–Trinajstić information content (AvgIpc) is 2.20. The van der Waals surface area contributed by atoms with Crippen LogP contribution in [0.1, 0.15) is 158 Å². The first kappa shape index (κ1) is 56.9. The number of fused-ring (bicyclic) bond motifs is 6. The summed E-state index contributed by atoms with van der Waals surface area (Å²) in [5, 5.41) is 0. The van der Waals surface area contributed by atoms with Gasteiger partial charge in [0, 0.05) is 46.3 Å². The van der Waals surface area contributed by atoms with Gasteiger partial charge in [-0.1, -0.05) is 222 Å². The van der Waals surface area contributed by atoms with Crippen LogP contribution in [0, 0.1) is 0 Å². The number of para-hydroxylation sites is 3. The highest BCUT2D eigenvalue weighted by Crippen LogP contribution is 2.56. The van der Waals surface area contributed by atoms with E-state index in [0.717, 1.165) is 56.9 Å². The third kappa shape index (κ3) is 10.9. The Morgan fingerprint density at radius 2 is 0.783 bits per heavy atom. The number of benzene rings is 8. The van der Waals surface area contributed by atoms with Crippen molar-refractivity contribution in [1.29, 1.82) is 0 Å². The van der Waals surface area contributed by atoms with Gasteiger partial charge in [0.2, 0.25) is 0 Å². The monoisotopic (exact) mass is 1090 g/mol. The first-order valence-corrected chi connectivity index (χ1v) is 30.0. The van der Waals surface area contributed by atoms with Crippen molar-refractivity contribution in [3.8, 4) is 56.0 Å². The Balaban J connectivity index is 1.07. The lowest BCUT2D eigenvalue weighted by Crippen LogP contribution is -2.26. The topological polar surface area (TPSA) is 31.8 Å². The highest BCUT2D eigenvalue weighted by atomic mass is 16.5. The molecule has 5 heteroatoms. The highest BCUT2D eigenvalue weighted by Gasteiger charge is 2.37. The van der Waals surface area contributed by atoms with E-state index in [-0.39, 0.29) is 32.5 Å². The van der Waals surface area contributed by atoms with E-state index < -0.39 is 0 Å². The number of aromatic nitrogens is 1. The van der Waals surface area contributed by atoms with Crippen LogP contribution in [0.25, 0.3) is 44.5 Å². The second-order valence-electron chi connectivity index (χ2n) is 29.5. The number of ether oxygens (including phenoxy) is 1. The molecule has 0 unspecified atom stereocenters. The minimum absolute atomic E-state index is 0.0168. The number of pyridine rings is 1. The molecule has 5 nitrogen and oxygen atoms in total. The molecule has 424 valence electrons. The van der Waals surface area contributed by atoms with E-state index in [9.17, 15) is 0 Å². The molecule has 0 radical (unpaired) electrons. The summed E-state index contributed by atoms with van der Waals surface area (Å²) in [6, 6.07) is 65.6. The molecular weight excluding hydrogens is 1010 g/mol. The fourth-order valence-electron chi connectivity index (χ4n) is 12.2. The van der Waals surface area contributed by atoms with Crippen LogP contribution in [0.15, 0.2) is 182 Å². The third-order valence-corrected chi connectivity index (χ3v) is 17.0. The number of rotatable bonds is 7. The maximum atomic E-state index is 7.09. The summed E-state index contributed by atoms with van der Waals surface area (Å²) in [4.78, 5) is 12.5. The van der Waals surface area contributed by atoms with Crippen molar-refractivity contribution in [2.75, 3.05) is 21.4 Å². The van der Waals surface area contributed by atoms with E-state index >= 15 is 0 Å². The summed E-state index contributed by atoms with van der Waals surface area (Å²) in [6.07, 6.45) is 1.95. The summed E-state index contributed by atoms with van der Waals surface area (Å²) in [5.41, 5.74) is 23.7. The molecule has 2 aliphatic heterocycles. The lowest BCUT2D eigenvalue weighted by atomic mass is 9.74. The van der Waals surface area contributed by atoms with Crippen molar-refractivity contribution in [3.63, 3.8) is 0 Å². The highest BCUT2D eigenvalue weighted by molar-refractivity contribution is 6.03. The summed E-state index contributed by atoms with van der Waals surface area (Å²) in [5.74, 6) is 2.36. The first-order valence-electron chi connectivity index (χ1n) is 30.0. The molecule has 9 aromatic rings. The van der Waals surface area contributed by atoms with Crippen molar-refractivity contribution >= 4 is 39.9 Å². The largest absolute Gasteiger partial charge is 0.457 e. The Morgan fingerprint density at radius 1 is 0.325 bits per heavy atom. The molecule has 8 aromatic carbocycles. The van der Waals surface area contributed by atoms with E-state index in [1.807, 2.05) is 6.20 Å². The van der Waals surface area contributed by atoms with Gasteiger partial charge in [0.1, 0.15) is 24.0 Å². The molecule has 11 rings (SSSR count). The van der Waals surface area contributed by atoms with Gasteiger partial charge < -0.3 is 14.5 Å². The summed E-state index contributed by atoms with van der Waals surface area (Å²) in [6.45, 7) is 42.7. The Labute approximate surface area is 497 Å². The smallest absolute Gasteiger partial charge is 0.137 e. The molecule has 0 saturated carbocycles. The lowest BCUT2D eigenvalue weighted by molar-refractivity contribution is 0.483. The minimum atomic E-state index is -0.148. The Bertz CT molecular complexity index is 3850. The second kappa shape index (κ2) is 20.5. The van der Waals surface area contributed by atoms with Gasteiger partial charge in [-0.25, -0.2) is 4.98 Å². The van der Waals surface area contributed by atoms with E-state index in [4.69, 9.17) is 9.72 Å². The first-order chi connectivity index (χ1) is 38.9. The zero-order valence-corrected chi connectivity index (χ0v) is 52.7. The zero-order chi connectivity index (χ0) is 59.3. The maximum absolute atomic E-state index is 7.09. The van der Waals surface area contributed by atoms with Crippen molar-refractivity contribution in [2.24, 2.45) is 0 Å². The molecule has 3 heterocycles. The van der Waals surface area contributed by atoms with E-state index in [1.54, 1.807) is 0 Å². The third-order valence-electron chi connectivity index (χ3n) is 17.0. The fourth-order valence-corrected chi connectivity index (χ4v) is 12.2. The molecule has 0 amide bonds. The molecule has 0 spiro atoms. The van der Waals surface area contributed by atoms with E-state index in [0.29, 0.717) is 6.67 Å². The number of nitrogens with zero attached hydrogens (tertiary/aromatic N) is 4. The number of anilines is 7. The van der Waals surface area contributed by atoms with Gasteiger partial charge in [0.15, 0.2) is 0 Å². The molecule has 0 aliphatic carbocycles. The van der Waals surface area contributed by atoms with Crippen LogP contribution in [0.4, 0.5) is 39.9 Å². The predicted molar refractivity (Wildman–Crippen MR) is 355 cm³/mol. The molecule has 2 aliphatic rings. The molecule has 0 fully saturated rings. The van der Waals surface area contributed by atoms with Gasteiger partial charge in [0.05, 0.1) is 28.4 Å². The fraction of sp³-hybridized carbons (Fsp3) is 0.321. The van der Waals surface area contributed by atoms with Gasteiger partial charge in [-0.15, -0.1) is 0 Å². The minimum Gasteiger partial charge on any atom is -0.457 e. The molecule has 0 atom stereocenters. The van der Waals surface area contributed by atoms with E-state index in [2.05, 4.69) is 315 Å². The van der Waals surface area contributed by atoms with Crippen LogP contribution in [0.3, 0.4) is 0 Å². The van der Waals surface area contributed by atoms with Gasteiger partial charge in [-0.3, -0.25) is 4.90 Å². The number of hydrogen-bond donors (Lipinski definition) is 0. The van der Waals surface area contributed by atoms with Crippen LogP contribution in [-0.4, -0.2) is 11.7 Å². The Hall–Kier alpha value is -7.89. The molecule has 0 saturated heterocycles. The Kier molecular flexibility index (Phi) is 14.0. The van der Waals surface area contributed by atoms with Crippen LogP contribution in [0.2, 0.25) is 0 Å². The zero-order valence-electron chi connectivity index (χ0n) is 52.7. The van der Waals surface area contributed by atoms with Crippen LogP contribution in [-0.2, 0) is 32.5 Å². The van der Waals surface area contributed by atoms with Crippen molar-refractivity contribution in [1.82, 2.24) is 4.98 Å². The molecular formula is C78H86N4O. The van der Waals surface area contributed by atoms with Gasteiger partial charge in [0.25, 0.3) is 0 Å². The normalized spacial score (nSPS) is 13.8. The standard InChI is InChI=1S/C78H86N4O/c1-73(2,3)50-34-37-59(65(44-50)77(13,14)15)63-42-53(76(10,11)12)43-64(60-38-35-51(74(4,5)6)45-66(60)78(16,17)18)72(63)81-49-80(68-32-23-24-33-69(68)81)54-26-25-27-55(47-54)83-56-36-39-62-58-29-20-19-28-57(58)61-30-21-22-31-67(61)82(70(62)48-56)71-46-52(40-41-79-71)75(7,8)9/h19-48H,49H2,1-18H3. The summed E-state index contributed by atoms with van der Waals surface area (Å²) in [7, 11) is 0. The number of hydrogen-bond acceptors (Lipinski definition) is 5. The molecule has 0 bridgehead atoms. The van der Waals surface area contributed by atoms with Crippen molar-refractivity contribution in [3.05, 3.63) is 216 Å². The van der Waals surface area contributed by atoms with Crippen molar-refractivity contribution < 1.29 is 4.74 Å².